The van der Waals surface area contributed by atoms with Gasteiger partial charge in [-0.2, -0.15) is 0 Å². The number of ether oxygens (including phenoxy) is 10. The zero-order valence-electron chi connectivity index (χ0n) is 53.6. The van der Waals surface area contributed by atoms with Crippen molar-refractivity contribution in [3.63, 3.8) is 0 Å². The van der Waals surface area contributed by atoms with Gasteiger partial charge in [0, 0.05) is 53.2 Å². The molecular formula is C65H98O26. The molecule has 2 aromatic rings. The first-order valence-electron chi connectivity index (χ1n) is 27.9. The Labute approximate surface area is 534 Å². The molecule has 0 saturated heterocycles. The molecule has 0 spiro atoms. The van der Waals surface area contributed by atoms with Gasteiger partial charge in [0.25, 0.3) is 0 Å². The molecule has 0 aliphatic rings. The maximum absolute atomic E-state index is 11.0. The van der Waals surface area contributed by atoms with Crippen molar-refractivity contribution in [3.8, 4) is 11.5 Å². The van der Waals surface area contributed by atoms with Gasteiger partial charge in [-0.3, -0.25) is 0 Å². The highest BCUT2D eigenvalue weighted by Gasteiger charge is 2.11. The van der Waals surface area contributed by atoms with Gasteiger partial charge in [-0.1, -0.05) is 89.0 Å². The summed E-state index contributed by atoms with van der Waals surface area (Å²) >= 11 is 0. The SMILES string of the molecule is C=C(C)C(=O)OCC(C)O.C=C(C)C(=O)OCC(O)COc1ccccc1.C=C(C)C(=O)OCCCC(C)O.C=C(C)C(=O)OCCO.C=CC(=O)OCC(C)O.C=CC(=O)OCC(O)COc1ccccc1.C=CC(=O)OCCCCO.C=CC(=O)OCCO. The Morgan fingerprint density at radius 2 is 0.670 bits per heavy atom. The first-order chi connectivity index (χ1) is 42.8. The summed E-state index contributed by atoms with van der Waals surface area (Å²) in [6, 6.07) is 18.2. The van der Waals surface area contributed by atoms with Crippen molar-refractivity contribution < 1.29 is 127 Å². The van der Waals surface area contributed by atoms with Crippen LogP contribution < -0.4 is 9.47 Å². The fourth-order valence-corrected chi connectivity index (χ4v) is 4.21. The lowest BCUT2D eigenvalue weighted by Crippen LogP contribution is -2.25. The highest BCUT2D eigenvalue weighted by atomic mass is 16.6. The second-order valence-electron chi connectivity index (χ2n) is 18.1. The average Bonchev–Trinajstić information content (AvgIpc) is 3.64. The summed E-state index contributed by atoms with van der Waals surface area (Å²) < 4.78 is 47.3. The Morgan fingerprint density at radius 1 is 0.374 bits per heavy atom. The van der Waals surface area contributed by atoms with Crippen LogP contribution in [0.15, 0.2) is 160 Å². The molecule has 0 saturated carbocycles. The second kappa shape index (κ2) is 65.8. The van der Waals surface area contributed by atoms with Crippen LogP contribution in [0.25, 0.3) is 0 Å². The Morgan fingerprint density at radius 3 is 1.01 bits per heavy atom. The number of rotatable bonds is 34. The molecule has 5 atom stereocenters. The summed E-state index contributed by atoms with van der Waals surface area (Å²) in [4.78, 5) is 84.4. The first kappa shape index (κ1) is 93.5. The van der Waals surface area contributed by atoms with Gasteiger partial charge < -0.3 is 88.2 Å². The minimum atomic E-state index is -0.849. The number of aliphatic hydroxyl groups is 8. The largest absolute Gasteiger partial charge is 0.491 e. The van der Waals surface area contributed by atoms with Crippen LogP contribution in [0.4, 0.5) is 0 Å². The molecule has 2 aromatic carbocycles. The highest BCUT2D eigenvalue weighted by molar-refractivity contribution is 5.88. The van der Waals surface area contributed by atoms with Crippen LogP contribution >= 0.6 is 0 Å². The number of hydrogen-bond acceptors (Lipinski definition) is 26. The zero-order valence-corrected chi connectivity index (χ0v) is 53.6. The molecule has 8 N–H and O–H groups in total. The molecule has 0 bridgehead atoms. The van der Waals surface area contributed by atoms with E-state index in [0.29, 0.717) is 72.7 Å². The lowest BCUT2D eigenvalue weighted by atomic mass is 10.2. The van der Waals surface area contributed by atoms with E-state index >= 15 is 0 Å². The molecule has 0 aliphatic carbocycles. The number of unbranched alkanes of at least 4 members (excludes halogenated alkanes) is 1. The normalized spacial score (nSPS) is 10.9. The molecular weight excluding hydrogens is 1200 g/mol. The van der Waals surface area contributed by atoms with Gasteiger partial charge in [-0.25, -0.2) is 38.4 Å². The first-order valence-corrected chi connectivity index (χ1v) is 27.9. The van der Waals surface area contributed by atoms with Crippen LogP contribution in [-0.2, 0) is 76.3 Å². The molecule has 0 aliphatic heterocycles. The van der Waals surface area contributed by atoms with Crippen LogP contribution in [0.3, 0.4) is 0 Å². The van der Waals surface area contributed by atoms with E-state index in [1.165, 1.54) is 6.92 Å². The van der Waals surface area contributed by atoms with E-state index < -0.39 is 66.2 Å². The van der Waals surface area contributed by atoms with Crippen molar-refractivity contribution >= 4 is 47.8 Å². The third kappa shape index (κ3) is 75.6. The Bertz CT molecular complexity index is 2360. The number of para-hydroxylation sites is 2. The van der Waals surface area contributed by atoms with E-state index in [0.717, 1.165) is 24.3 Å². The average molecular weight is 1300 g/mol. The third-order valence-corrected chi connectivity index (χ3v) is 8.64. The van der Waals surface area contributed by atoms with Crippen LogP contribution in [0, 0.1) is 0 Å². The van der Waals surface area contributed by atoms with Gasteiger partial charge in [-0.15, -0.1) is 0 Å². The van der Waals surface area contributed by atoms with Crippen molar-refractivity contribution in [1.29, 1.82) is 0 Å². The molecule has 26 nitrogen and oxygen atoms in total. The maximum Gasteiger partial charge on any atom is 0.333 e. The highest BCUT2D eigenvalue weighted by Crippen LogP contribution is 2.10. The van der Waals surface area contributed by atoms with Crippen molar-refractivity contribution in [2.75, 3.05) is 85.9 Å². The van der Waals surface area contributed by atoms with E-state index in [1.807, 2.05) is 36.4 Å². The Kier molecular flexibility index (Phi) is 67.7. The van der Waals surface area contributed by atoms with Crippen LogP contribution in [0.1, 0.15) is 74.1 Å². The fourth-order valence-electron chi connectivity index (χ4n) is 4.21. The second-order valence-corrected chi connectivity index (χ2v) is 18.1. The number of carbonyl (C=O) groups is 8. The van der Waals surface area contributed by atoms with Crippen molar-refractivity contribution in [3.05, 3.63) is 160 Å². The van der Waals surface area contributed by atoms with E-state index in [9.17, 15) is 48.6 Å². The number of hydrogen-bond donors (Lipinski definition) is 8. The standard InChI is InChI=1S/C13H16O4.C12H14O4.C9H16O3.2C7H12O3.2C6H10O3.C5H8O3/c1-10(2)13(15)17-9-11(14)8-16-12-6-4-3-5-7-12;1-2-12(14)16-9-10(13)8-15-11-6-4-3-5-7-11;1-7(2)9(11)12-6-4-5-8(3)10;1-5(2)7(9)10-4-6(3)8;1-2-7(9)10-6-4-3-5-8;1-5(2)6(8)9-4-3-7;1-3-6(8)9-4-5(2)7;1-2-5(7)8-4-3-6/h3-7,11,14H,1,8-9H2,2H3;2-7,10,13H,1,8-9H2;8,10H,1,4-6H2,2-3H3;6,8H,1,4H2,2-3H3;2,8H,1,3-6H2;7H,1,3-4H2,2H3;3,5,7H,1,4H2,2H3;2,6H,1,3-4H2. The van der Waals surface area contributed by atoms with Crippen molar-refractivity contribution in [2.24, 2.45) is 0 Å². The monoisotopic (exact) mass is 1290 g/mol. The quantitative estimate of drug-likeness (QED) is 0.0201. The van der Waals surface area contributed by atoms with E-state index in [1.54, 1.807) is 65.8 Å². The zero-order chi connectivity index (χ0) is 71.0. The third-order valence-electron chi connectivity index (χ3n) is 8.64. The number of esters is 8. The van der Waals surface area contributed by atoms with Gasteiger partial charge in [0.2, 0.25) is 0 Å². The Hall–Kier alpha value is -8.60. The van der Waals surface area contributed by atoms with Gasteiger partial charge in [-0.05, 0) is 98.4 Å². The topological polar surface area (TPSA) is 391 Å². The fraction of sp³-hybridized carbons (Fsp3) is 0.446. The molecule has 91 heavy (non-hydrogen) atoms. The number of aliphatic hydroxyl groups excluding tert-OH is 8. The van der Waals surface area contributed by atoms with Crippen LogP contribution in [0.5, 0.6) is 11.5 Å². The maximum atomic E-state index is 11.0. The summed E-state index contributed by atoms with van der Waals surface area (Å²) in [7, 11) is 0. The minimum absolute atomic E-state index is 0.0326. The predicted octanol–water partition coefficient (Wildman–Crippen LogP) is 4.84. The molecule has 0 radical (unpaired) electrons. The van der Waals surface area contributed by atoms with E-state index in [2.05, 4.69) is 81.1 Å². The number of carbonyl (C=O) groups excluding carboxylic acids is 8. The van der Waals surface area contributed by atoms with Crippen molar-refractivity contribution in [1.82, 2.24) is 0 Å². The molecule has 26 heteroatoms. The predicted molar refractivity (Wildman–Crippen MR) is 338 cm³/mol. The molecule has 0 amide bonds. The lowest BCUT2D eigenvalue weighted by molar-refractivity contribution is -0.143. The van der Waals surface area contributed by atoms with E-state index in [-0.39, 0.29) is 84.7 Å². The summed E-state index contributed by atoms with van der Waals surface area (Å²) in [5.74, 6) is -2.42. The molecule has 0 fully saturated rings. The van der Waals surface area contributed by atoms with E-state index in [4.69, 9.17) is 49.6 Å². The molecule has 0 aromatic heterocycles. The van der Waals surface area contributed by atoms with Gasteiger partial charge in [0.05, 0.1) is 44.7 Å². The summed E-state index contributed by atoms with van der Waals surface area (Å²) in [6.45, 7) is 38.2. The molecule has 2 rings (SSSR count). The molecule has 514 valence electrons. The number of benzene rings is 2. The van der Waals surface area contributed by atoms with Gasteiger partial charge in [0.1, 0.15) is 76.6 Å². The van der Waals surface area contributed by atoms with Crippen LogP contribution in [-0.4, -0.2) is 205 Å². The summed E-state index contributed by atoms with van der Waals surface area (Å²) in [5.41, 5.74) is 1.41. The van der Waals surface area contributed by atoms with Gasteiger partial charge >= 0.3 is 47.8 Å². The minimum Gasteiger partial charge on any atom is -0.491 e. The molecule has 0 heterocycles. The summed E-state index contributed by atoms with van der Waals surface area (Å²) in [5, 5.41) is 69.7. The smallest absolute Gasteiger partial charge is 0.333 e. The summed E-state index contributed by atoms with van der Waals surface area (Å²) in [6.07, 6.45) is 3.77. The lowest BCUT2D eigenvalue weighted by Gasteiger charge is -2.12. The van der Waals surface area contributed by atoms with Gasteiger partial charge in [0.15, 0.2) is 0 Å². The molecule has 5 unspecified atom stereocenters. The van der Waals surface area contributed by atoms with Crippen LogP contribution in [0.2, 0.25) is 0 Å². The van der Waals surface area contributed by atoms with Crippen molar-refractivity contribution in [2.45, 2.75) is 105 Å². The Balaban J connectivity index is -0.000000230.